The molecule has 0 aliphatic carbocycles. The van der Waals surface area contributed by atoms with Crippen molar-refractivity contribution in [3.05, 3.63) is 29.8 Å². The average molecular weight is 849 g/mol. The molecule has 1 fully saturated rings. The molecule has 0 unspecified atom stereocenters. The van der Waals surface area contributed by atoms with Gasteiger partial charge >= 0.3 is 11.9 Å². The molecule has 15 N–H and O–H groups in total. The number of aliphatic carboxylic acids is 2. The standard InChI is InChI=1S/C38H60N10O12/c1-19(2)17-27(37(59)60)46-34(56)28-8-6-16-48(28)36(58)25(7-5-15-42-38(40)41)44-31(53)20(3)43-33(55)26(18-22-9-11-23(50)12-10-22)45-35(57)30(21(4)49)47-32(54)24(39)13-14-29(51)52/h9-12,19-21,24-28,30,49-50H,5-8,13-18,39H2,1-4H3,(H,43,55)(H,44,53)(H,45,57)(H,46,56)(H,47,54)(H,51,52)(H,59,60)(H4,40,41,42)/t20-,21+,24-,25-,26-,27-,28-,30-/m0/s1. The summed E-state index contributed by atoms with van der Waals surface area (Å²) in [5, 5.41) is 51.1. The highest BCUT2D eigenvalue weighted by Gasteiger charge is 2.39. The monoisotopic (exact) mass is 848 g/mol. The van der Waals surface area contributed by atoms with Crippen molar-refractivity contribution in [1.29, 1.82) is 0 Å². The summed E-state index contributed by atoms with van der Waals surface area (Å²) < 4.78 is 0. The van der Waals surface area contributed by atoms with Crippen LogP contribution in [-0.2, 0) is 44.8 Å². The quantitative estimate of drug-likeness (QED) is 0.0283. The van der Waals surface area contributed by atoms with Crippen LogP contribution in [0.15, 0.2) is 29.3 Å². The lowest BCUT2D eigenvalue weighted by Crippen LogP contribution is -2.61. The third kappa shape index (κ3) is 16.7. The molecule has 8 atom stereocenters. The second kappa shape index (κ2) is 24.1. The van der Waals surface area contributed by atoms with Crippen LogP contribution in [0.4, 0.5) is 0 Å². The number of hydrogen-bond donors (Lipinski definition) is 12. The smallest absolute Gasteiger partial charge is 0.326 e. The number of phenolic OH excluding ortho intramolecular Hbond substituents is 1. The van der Waals surface area contributed by atoms with Crippen molar-refractivity contribution in [2.75, 3.05) is 13.1 Å². The predicted molar refractivity (Wildman–Crippen MR) is 215 cm³/mol. The number of carbonyl (C=O) groups is 8. The number of aliphatic imine (C=N–C) groups is 1. The number of carbonyl (C=O) groups excluding carboxylic acids is 6. The lowest BCUT2D eigenvalue weighted by molar-refractivity contribution is -0.145. The Hall–Kier alpha value is -6.03. The van der Waals surface area contributed by atoms with E-state index in [9.17, 15) is 53.7 Å². The van der Waals surface area contributed by atoms with Gasteiger partial charge in [0.1, 0.15) is 42.0 Å². The van der Waals surface area contributed by atoms with Crippen LogP contribution in [0, 0.1) is 5.92 Å². The Kier molecular flexibility index (Phi) is 20.2. The number of aliphatic hydroxyl groups excluding tert-OH is 1. The first-order chi connectivity index (χ1) is 28.1. The van der Waals surface area contributed by atoms with Gasteiger partial charge in [-0.25, -0.2) is 4.79 Å². The van der Waals surface area contributed by atoms with E-state index in [-0.39, 0.29) is 69.2 Å². The number of hydrogen-bond acceptors (Lipinski definition) is 12. The molecule has 0 aromatic heterocycles. The van der Waals surface area contributed by atoms with Gasteiger partial charge in [0.2, 0.25) is 35.4 Å². The number of phenols is 1. The van der Waals surface area contributed by atoms with Crippen molar-refractivity contribution in [3.8, 4) is 5.75 Å². The number of aliphatic hydroxyl groups is 1. The first-order valence-corrected chi connectivity index (χ1v) is 19.6. The fourth-order valence-corrected chi connectivity index (χ4v) is 6.32. The van der Waals surface area contributed by atoms with Crippen molar-refractivity contribution in [1.82, 2.24) is 31.5 Å². The van der Waals surface area contributed by atoms with Crippen LogP contribution >= 0.6 is 0 Å². The van der Waals surface area contributed by atoms with E-state index in [2.05, 4.69) is 31.6 Å². The van der Waals surface area contributed by atoms with Crippen LogP contribution in [0.3, 0.4) is 0 Å². The van der Waals surface area contributed by atoms with Gasteiger partial charge in [0, 0.05) is 25.9 Å². The Morgan fingerprint density at radius 1 is 0.817 bits per heavy atom. The molecule has 1 aromatic rings. The number of nitrogens with zero attached hydrogens (tertiary/aromatic N) is 2. The number of likely N-dealkylation sites (tertiary alicyclic amines) is 1. The third-order valence-electron chi connectivity index (χ3n) is 9.55. The molecule has 0 radical (unpaired) electrons. The minimum absolute atomic E-state index is 0.00388. The maximum absolute atomic E-state index is 14.0. The third-order valence-corrected chi connectivity index (χ3v) is 9.55. The Balaban J connectivity index is 2.30. The van der Waals surface area contributed by atoms with Crippen LogP contribution in [0.1, 0.15) is 78.2 Å². The summed E-state index contributed by atoms with van der Waals surface area (Å²) in [7, 11) is 0. The summed E-state index contributed by atoms with van der Waals surface area (Å²) in [4.78, 5) is 109. The maximum Gasteiger partial charge on any atom is 0.326 e. The molecule has 1 aromatic carbocycles. The number of rotatable bonds is 24. The SMILES string of the molecule is CC(C)C[C@H](NC(=O)[C@@H]1CCCN1C(=O)[C@H](CCCN=C(N)N)NC(=O)[C@H](C)NC(=O)[C@H](Cc1ccc(O)cc1)NC(=O)[C@@H](NC(=O)[C@@H](N)CCC(=O)O)[C@@H](C)O)C(=O)O. The Morgan fingerprint density at radius 3 is 2.02 bits per heavy atom. The van der Waals surface area contributed by atoms with E-state index in [1.54, 1.807) is 13.8 Å². The van der Waals surface area contributed by atoms with Crippen molar-refractivity contribution in [2.45, 2.75) is 127 Å². The molecule has 22 heteroatoms. The summed E-state index contributed by atoms with van der Waals surface area (Å²) >= 11 is 0. The number of nitrogens with one attached hydrogen (secondary N) is 5. The van der Waals surface area contributed by atoms with Gasteiger partial charge in [-0.1, -0.05) is 26.0 Å². The van der Waals surface area contributed by atoms with E-state index in [4.69, 9.17) is 22.3 Å². The number of carboxylic acids is 2. The first-order valence-electron chi connectivity index (χ1n) is 19.6. The molecule has 1 aliphatic rings. The maximum atomic E-state index is 14.0. The summed E-state index contributed by atoms with van der Waals surface area (Å²) in [5.41, 5.74) is 17.1. The van der Waals surface area contributed by atoms with Gasteiger partial charge in [-0.15, -0.1) is 0 Å². The number of guanidine groups is 1. The van der Waals surface area contributed by atoms with Crippen LogP contribution in [0.2, 0.25) is 0 Å². The number of aromatic hydroxyl groups is 1. The van der Waals surface area contributed by atoms with Crippen molar-refractivity contribution >= 4 is 53.3 Å². The Bertz CT molecular complexity index is 1700. The van der Waals surface area contributed by atoms with E-state index >= 15 is 0 Å². The second-order valence-electron chi connectivity index (χ2n) is 15.2. The van der Waals surface area contributed by atoms with Gasteiger partial charge in [-0.3, -0.25) is 38.6 Å². The number of benzene rings is 1. The highest BCUT2D eigenvalue weighted by molar-refractivity contribution is 5.97. The van der Waals surface area contributed by atoms with Crippen LogP contribution < -0.4 is 43.8 Å². The molecular formula is C38H60N10O12. The summed E-state index contributed by atoms with van der Waals surface area (Å²) in [6.45, 7) is 6.36. The zero-order chi connectivity index (χ0) is 45.3. The Morgan fingerprint density at radius 2 is 1.45 bits per heavy atom. The topological polar surface area (TPSA) is 371 Å². The molecular weight excluding hydrogens is 788 g/mol. The summed E-state index contributed by atoms with van der Waals surface area (Å²) in [6, 6.07) is -3.55. The molecule has 0 bridgehead atoms. The van der Waals surface area contributed by atoms with E-state index < -0.39 is 102 Å². The summed E-state index contributed by atoms with van der Waals surface area (Å²) in [5.74, 6) is -7.70. The molecule has 0 spiro atoms. The number of carboxylic acid groups (broad SMARTS) is 2. The highest BCUT2D eigenvalue weighted by Crippen LogP contribution is 2.21. The van der Waals surface area contributed by atoms with Crippen LogP contribution in [-0.4, -0.2) is 140 Å². The fraction of sp³-hybridized carbons (Fsp3) is 0.605. The average Bonchev–Trinajstić information content (AvgIpc) is 3.66. The Labute approximate surface area is 347 Å². The fourth-order valence-electron chi connectivity index (χ4n) is 6.32. The van der Waals surface area contributed by atoms with Crippen LogP contribution in [0.5, 0.6) is 5.75 Å². The van der Waals surface area contributed by atoms with E-state index in [1.807, 2.05) is 0 Å². The normalized spacial score (nSPS) is 17.1. The first kappa shape index (κ1) is 50.1. The minimum Gasteiger partial charge on any atom is -0.508 e. The number of nitrogens with two attached hydrogens (primary N) is 3. The lowest BCUT2D eigenvalue weighted by atomic mass is 10.0. The van der Waals surface area contributed by atoms with Gasteiger partial charge in [0.15, 0.2) is 5.96 Å². The number of amides is 6. The molecule has 1 saturated heterocycles. The largest absolute Gasteiger partial charge is 0.508 e. The molecule has 1 heterocycles. The predicted octanol–water partition coefficient (Wildman–Crippen LogP) is -2.87. The van der Waals surface area contributed by atoms with Crippen molar-refractivity contribution in [3.63, 3.8) is 0 Å². The van der Waals surface area contributed by atoms with Gasteiger partial charge in [0.25, 0.3) is 0 Å². The van der Waals surface area contributed by atoms with Gasteiger partial charge in [0.05, 0.1) is 12.1 Å². The molecule has 6 amide bonds. The van der Waals surface area contributed by atoms with Gasteiger partial charge < -0.3 is 69.1 Å². The van der Waals surface area contributed by atoms with E-state index in [0.717, 1.165) is 0 Å². The van der Waals surface area contributed by atoms with Gasteiger partial charge in [-0.2, -0.15) is 0 Å². The zero-order valence-corrected chi connectivity index (χ0v) is 34.3. The van der Waals surface area contributed by atoms with E-state index in [1.165, 1.54) is 43.0 Å². The molecule has 60 heavy (non-hydrogen) atoms. The van der Waals surface area contributed by atoms with Crippen LogP contribution in [0.25, 0.3) is 0 Å². The molecule has 22 nitrogen and oxygen atoms in total. The summed E-state index contributed by atoms with van der Waals surface area (Å²) in [6.07, 6.45) is -1.35. The highest BCUT2D eigenvalue weighted by atomic mass is 16.4. The lowest BCUT2D eigenvalue weighted by Gasteiger charge is -2.30. The molecule has 1 aliphatic heterocycles. The second-order valence-corrected chi connectivity index (χ2v) is 15.2. The van der Waals surface area contributed by atoms with Gasteiger partial charge in [-0.05, 0) is 76.0 Å². The minimum atomic E-state index is -1.64. The molecule has 334 valence electrons. The molecule has 0 saturated carbocycles. The zero-order valence-electron chi connectivity index (χ0n) is 34.3. The van der Waals surface area contributed by atoms with Crippen molar-refractivity contribution in [2.24, 2.45) is 28.1 Å². The van der Waals surface area contributed by atoms with E-state index in [0.29, 0.717) is 12.0 Å². The molecule has 2 rings (SSSR count). The van der Waals surface area contributed by atoms with Crippen molar-refractivity contribution < 1.29 is 58.8 Å².